The fourth-order valence-electron chi connectivity index (χ4n) is 3.41. The second-order valence-electron chi connectivity index (χ2n) is 7.66. The van der Waals surface area contributed by atoms with Crippen LogP contribution in [-0.4, -0.2) is 46.9 Å². The lowest BCUT2D eigenvalue weighted by Crippen LogP contribution is -2.63. The highest BCUT2D eigenvalue weighted by molar-refractivity contribution is 5.99. The maximum Gasteiger partial charge on any atom is 0.326 e. The van der Waals surface area contributed by atoms with E-state index < -0.39 is 35.9 Å². The molecule has 3 atom stereocenters. The minimum atomic E-state index is -1.17. The highest BCUT2D eigenvalue weighted by Crippen LogP contribution is 2.10. The van der Waals surface area contributed by atoms with Gasteiger partial charge in [0.15, 0.2) is 0 Å². The molecular weight excluding hydrogens is 398 g/mol. The van der Waals surface area contributed by atoms with Gasteiger partial charge < -0.3 is 21.1 Å². The number of benzene rings is 2. The van der Waals surface area contributed by atoms with Gasteiger partial charge in [0.2, 0.25) is 17.7 Å². The van der Waals surface area contributed by atoms with E-state index in [2.05, 4.69) is 16.0 Å². The summed E-state index contributed by atoms with van der Waals surface area (Å²) in [6.07, 6.45) is 0.117. The Morgan fingerprint density at radius 1 is 0.935 bits per heavy atom. The van der Waals surface area contributed by atoms with Crippen LogP contribution in [0.25, 0.3) is 0 Å². The van der Waals surface area contributed by atoms with Crippen LogP contribution in [0.4, 0.5) is 0 Å². The molecule has 31 heavy (non-hydrogen) atoms. The van der Waals surface area contributed by atoms with Gasteiger partial charge in [0.05, 0.1) is 6.42 Å². The van der Waals surface area contributed by atoms with Gasteiger partial charge in [-0.25, -0.2) is 4.79 Å². The number of nitrogens with one attached hydrogen (secondary N) is 3. The number of aryl methyl sites for hydroxylation is 1. The molecule has 0 aromatic heterocycles. The Bertz CT molecular complexity index is 959. The van der Waals surface area contributed by atoms with Crippen molar-refractivity contribution in [3.63, 3.8) is 0 Å². The van der Waals surface area contributed by atoms with Crippen molar-refractivity contribution in [2.24, 2.45) is 0 Å². The summed E-state index contributed by atoms with van der Waals surface area (Å²) < 4.78 is 0. The maximum atomic E-state index is 12.4. The van der Waals surface area contributed by atoms with E-state index in [1.807, 2.05) is 49.4 Å². The number of hydrogen-bond donors (Lipinski definition) is 4. The lowest BCUT2D eigenvalue weighted by Gasteiger charge is -2.29. The van der Waals surface area contributed by atoms with Crippen LogP contribution in [0.1, 0.15) is 23.1 Å². The third-order valence-electron chi connectivity index (χ3n) is 5.13. The van der Waals surface area contributed by atoms with Crippen LogP contribution in [0, 0.1) is 6.92 Å². The topological polar surface area (TPSA) is 125 Å². The van der Waals surface area contributed by atoms with Crippen molar-refractivity contribution in [2.45, 2.75) is 44.3 Å². The number of rotatable bonds is 8. The Kier molecular flexibility index (Phi) is 7.02. The molecule has 0 radical (unpaired) electrons. The van der Waals surface area contributed by atoms with Crippen molar-refractivity contribution >= 4 is 23.7 Å². The number of carboxylic acid groups (broad SMARTS) is 1. The van der Waals surface area contributed by atoms with Crippen LogP contribution in [0.15, 0.2) is 54.6 Å². The summed E-state index contributed by atoms with van der Waals surface area (Å²) in [4.78, 5) is 48.7. The van der Waals surface area contributed by atoms with E-state index in [1.165, 1.54) is 0 Å². The van der Waals surface area contributed by atoms with Gasteiger partial charge in [0.1, 0.15) is 18.1 Å². The lowest BCUT2D eigenvalue weighted by molar-refractivity contribution is -0.142. The zero-order valence-corrected chi connectivity index (χ0v) is 17.1. The molecule has 4 N–H and O–H groups in total. The van der Waals surface area contributed by atoms with E-state index in [9.17, 15) is 24.3 Å². The summed E-state index contributed by atoms with van der Waals surface area (Å²) in [5.41, 5.74) is 2.72. The Balaban J connectivity index is 1.55. The molecule has 1 aliphatic heterocycles. The van der Waals surface area contributed by atoms with Crippen LogP contribution in [-0.2, 0) is 32.0 Å². The van der Waals surface area contributed by atoms with Crippen LogP contribution in [0.5, 0.6) is 0 Å². The predicted octanol–water partition coefficient (Wildman–Crippen LogP) is 0.723. The van der Waals surface area contributed by atoms with Crippen molar-refractivity contribution < 1.29 is 24.3 Å². The monoisotopic (exact) mass is 423 g/mol. The highest BCUT2D eigenvalue weighted by atomic mass is 16.4. The average molecular weight is 423 g/mol. The standard InChI is InChI=1S/C23H25N3O5/c1-14-7-9-16(10-8-14)12-19(23(30)31)24-20(27)13-18-22(29)25-17(21(28)26-18)11-15-5-3-2-4-6-15/h2-10,17-19H,11-13H2,1H3,(H,24,27)(H,25,29)(H,26,28)(H,30,31)/t17-,18-,19-/m0/s1. The first-order valence-corrected chi connectivity index (χ1v) is 10.0. The lowest BCUT2D eigenvalue weighted by atomic mass is 10.0. The average Bonchev–Trinajstić information content (AvgIpc) is 2.73. The predicted molar refractivity (Wildman–Crippen MR) is 113 cm³/mol. The number of carbonyl (C=O) groups is 4. The van der Waals surface area contributed by atoms with E-state index in [0.717, 1.165) is 16.7 Å². The molecule has 0 spiro atoms. The third kappa shape index (κ3) is 6.15. The summed E-state index contributed by atoms with van der Waals surface area (Å²) >= 11 is 0. The first-order chi connectivity index (χ1) is 14.8. The smallest absolute Gasteiger partial charge is 0.326 e. The van der Waals surface area contributed by atoms with E-state index in [1.54, 1.807) is 12.1 Å². The van der Waals surface area contributed by atoms with Crippen LogP contribution >= 0.6 is 0 Å². The molecule has 8 heteroatoms. The summed E-state index contributed by atoms with van der Waals surface area (Å²) in [7, 11) is 0. The Morgan fingerprint density at radius 2 is 1.55 bits per heavy atom. The van der Waals surface area contributed by atoms with Gasteiger partial charge in [0, 0.05) is 12.8 Å². The summed E-state index contributed by atoms with van der Waals surface area (Å²) in [5, 5.41) is 17.1. The molecule has 2 aromatic carbocycles. The number of aliphatic carboxylic acids is 1. The maximum absolute atomic E-state index is 12.4. The molecule has 0 unspecified atom stereocenters. The third-order valence-corrected chi connectivity index (χ3v) is 5.13. The molecular formula is C23H25N3O5. The van der Waals surface area contributed by atoms with Gasteiger partial charge in [-0.3, -0.25) is 14.4 Å². The van der Waals surface area contributed by atoms with Gasteiger partial charge >= 0.3 is 5.97 Å². The second kappa shape index (κ2) is 9.88. The van der Waals surface area contributed by atoms with E-state index in [4.69, 9.17) is 0 Å². The summed E-state index contributed by atoms with van der Waals surface area (Å²) in [6, 6.07) is 13.7. The van der Waals surface area contributed by atoms with Gasteiger partial charge in [-0.2, -0.15) is 0 Å². The van der Waals surface area contributed by atoms with E-state index in [-0.39, 0.29) is 18.7 Å². The van der Waals surface area contributed by atoms with Gasteiger partial charge in [-0.1, -0.05) is 60.2 Å². The Morgan fingerprint density at radius 3 is 2.19 bits per heavy atom. The van der Waals surface area contributed by atoms with Crippen molar-refractivity contribution in [1.29, 1.82) is 0 Å². The molecule has 8 nitrogen and oxygen atoms in total. The molecule has 1 aliphatic rings. The second-order valence-corrected chi connectivity index (χ2v) is 7.66. The molecule has 0 bridgehead atoms. The minimum absolute atomic E-state index is 0.115. The fourth-order valence-corrected chi connectivity index (χ4v) is 3.41. The van der Waals surface area contributed by atoms with Crippen LogP contribution in [0.3, 0.4) is 0 Å². The quantitative estimate of drug-likeness (QED) is 0.498. The SMILES string of the molecule is Cc1ccc(C[C@H](NC(=O)C[C@@H]2NC(=O)[C@H](Cc3ccccc3)NC2=O)C(=O)O)cc1. The largest absolute Gasteiger partial charge is 0.480 e. The molecule has 3 amide bonds. The van der Waals surface area contributed by atoms with Crippen molar-refractivity contribution in [1.82, 2.24) is 16.0 Å². The first kappa shape index (κ1) is 22.0. The van der Waals surface area contributed by atoms with Crippen molar-refractivity contribution in [3.8, 4) is 0 Å². The zero-order valence-electron chi connectivity index (χ0n) is 17.1. The minimum Gasteiger partial charge on any atom is -0.480 e. The molecule has 0 saturated carbocycles. The molecule has 1 fully saturated rings. The number of amides is 3. The summed E-state index contributed by atoms with van der Waals surface area (Å²) in [5.74, 6) is -2.65. The molecule has 0 aliphatic carbocycles. The number of carboxylic acids is 1. The van der Waals surface area contributed by atoms with E-state index >= 15 is 0 Å². The number of hydrogen-bond acceptors (Lipinski definition) is 4. The number of piperazine rings is 1. The first-order valence-electron chi connectivity index (χ1n) is 10.0. The summed E-state index contributed by atoms with van der Waals surface area (Å²) in [6.45, 7) is 1.92. The normalized spacial score (nSPS) is 19.1. The van der Waals surface area contributed by atoms with Gasteiger partial charge in [-0.05, 0) is 18.1 Å². The van der Waals surface area contributed by atoms with E-state index in [0.29, 0.717) is 6.42 Å². The molecule has 1 saturated heterocycles. The fraction of sp³-hybridized carbons (Fsp3) is 0.304. The zero-order chi connectivity index (χ0) is 22.4. The molecule has 3 rings (SSSR count). The van der Waals surface area contributed by atoms with Gasteiger partial charge in [-0.15, -0.1) is 0 Å². The highest BCUT2D eigenvalue weighted by Gasteiger charge is 2.35. The molecule has 2 aromatic rings. The Labute approximate surface area is 180 Å². The molecule has 1 heterocycles. The van der Waals surface area contributed by atoms with Crippen molar-refractivity contribution in [2.75, 3.05) is 0 Å². The van der Waals surface area contributed by atoms with Crippen LogP contribution < -0.4 is 16.0 Å². The molecule has 162 valence electrons. The van der Waals surface area contributed by atoms with Crippen LogP contribution in [0.2, 0.25) is 0 Å². The Hall–Kier alpha value is -3.68. The van der Waals surface area contributed by atoms with Crippen molar-refractivity contribution in [3.05, 3.63) is 71.3 Å². The van der Waals surface area contributed by atoms with Gasteiger partial charge in [0.25, 0.3) is 0 Å². The number of carbonyl (C=O) groups excluding carboxylic acids is 3.